The van der Waals surface area contributed by atoms with Crippen molar-refractivity contribution >= 4 is 40.8 Å². The zero-order chi connectivity index (χ0) is 14.2. The Morgan fingerprint density at radius 1 is 1.21 bits per heavy atom. The summed E-state index contributed by atoms with van der Waals surface area (Å²) in [5.41, 5.74) is 1.46. The molecule has 1 aliphatic heterocycles. The number of anilines is 1. The van der Waals surface area contributed by atoms with Crippen LogP contribution in [-0.4, -0.2) is 18.5 Å². The SMILES string of the molecule is CC(C)c1c(Cl)cc(N2CCC(=O)NC2=O)cc1Cl. The maximum absolute atomic E-state index is 11.8. The number of carbonyl (C=O) groups is 2. The van der Waals surface area contributed by atoms with Crippen molar-refractivity contribution in [1.82, 2.24) is 5.32 Å². The minimum Gasteiger partial charge on any atom is -0.294 e. The summed E-state index contributed by atoms with van der Waals surface area (Å²) in [4.78, 5) is 24.3. The first-order valence-electron chi connectivity index (χ1n) is 6.00. The Hall–Kier alpha value is -1.26. The molecule has 0 saturated carbocycles. The number of imide groups is 1. The number of halogens is 2. The molecule has 0 spiro atoms. The fourth-order valence-corrected chi connectivity index (χ4v) is 3.00. The molecule has 102 valence electrons. The van der Waals surface area contributed by atoms with E-state index < -0.39 is 6.03 Å². The number of nitrogens with zero attached hydrogens (tertiary/aromatic N) is 1. The standard InChI is InChI=1S/C13H14Cl2N2O2/c1-7(2)12-9(14)5-8(6-10(12)15)17-4-3-11(18)16-13(17)19/h5-7H,3-4H2,1-2H3,(H,16,18,19). The van der Waals surface area contributed by atoms with Gasteiger partial charge in [-0.2, -0.15) is 0 Å². The first-order valence-corrected chi connectivity index (χ1v) is 6.76. The van der Waals surface area contributed by atoms with Crippen LogP contribution in [0.4, 0.5) is 10.5 Å². The molecular weight excluding hydrogens is 287 g/mol. The number of nitrogens with one attached hydrogen (secondary N) is 1. The molecular formula is C13H14Cl2N2O2. The summed E-state index contributed by atoms with van der Waals surface area (Å²) in [7, 11) is 0. The number of hydrogen-bond acceptors (Lipinski definition) is 2. The Bertz CT molecular complexity index is 520. The van der Waals surface area contributed by atoms with E-state index in [-0.39, 0.29) is 18.2 Å². The molecule has 19 heavy (non-hydrogen) atoms. The quantitative estimate of drug-likeness (QED) is 0.908. The predicted octanol–water partition coefficient (Wildman–Crippen LogP) is 3.56. The lowest BCUT2D eigenvalue weighted by Crippen LogP contribution is -2.49. The van der Waals surface area contributed by atoms with Crippen LogP contribution in [0.2, 0.25) is 10.0 Å². The third-order valence-corrected chi connectivity index (χ3v) is 3.63. The van der Waals surface area contributed by atoms with Crippen molar-refractivity contribution in [1.29, 1.82) is 0 Å². The van der Waals surface area contributed by atoms with Crippen LogP contribution in [0, 0.1) is 0 Å². The summed E-state index contributed by atoms with van der Waals surface area (Å²) < 4.78 is 0. The number of carbonyl (C=O) groups excluding carboxylic acids is 2. The van der Waals surface area contributed by atoms with Crippen molar-refractivity contribution in [2.24, 2.45) is 0 Å². The predicted molar refractivity (Wildman–Crippen MR) is 76.1 cm³/mol. The van der Waals surface area contributed by atoms with Crippen LogP contribution in [-0.2, 0) is 4.79 Å². The minimum atomic E-state index is -0.444. The molecule has 1 N–H and O–H groups in total. The summed E-state index contributed by atoms with van der Waals surface area (Å²) in [6.07, 6.45) is 0.271. The van der Waals surface area contributed by atoms with E-state index in [1.807, 2.05) is 13.8 Å². The summed E-state index contributed by atoms with van der Waals surface area (Å²) in [6, 6.07) is 2.97. The highest BCUT2D eigenvalue weighted by Gasteiger charge is 2.25. The molecule has 1 aliphatic rings. The molecule has 0 radical (unpaired) electrons. The van der Waals surface area contributed by atoms with Crippen molar-refractivity contribution in [2.45, 2.75) is 26.2 Å². The molecule has 1 fully saturated rings. The fraction of sp³-hybridized carbons (Fsp3) is 0.385. The molecule has 1 heterocycles. The van der Waals surface area contributed by atoms with Gasteiger partial charge in [0.25, 0.3) is 0 Å². The van der Waals surface area contributed by atoms with Crippen LogP contribution >= 0.6 is 23.2 Å². The third-order valence-electron chi connectivity index (χ3n) is 3.01. The molecule has 1 saturated heterocycles. The van der Waals surface area contributed by atoms with Gasteiger partial charge in [0.2, 0.25) is 5.91 Å². The zero-order valence-electron chi connectivity index (χ0n) is 10.7. The highest BCUT2D eigenvalue weighted by molar-refractivity contribution is 6.36. The molecule has 2 rings (SSSR count). The number of hydrogen-bond donors (Lipinski definition) is 1. The van der Waals surface area contributed by atoms with E-state index in [0.717, 1.165) is 5.56 Å². The molecule has 1 aromatic carbocycles. The molecule has 0 aromatic heterocycles. The summed E-state index contributed by atoms with van der Waals surface area (Å²) in [5.74, 6) is -0.0666. The third kappa shape index (κ3) is 2.85. The van der Waals surface area contributed by atoms with Gasteiger partial charge in [-0.1, -0.05) is 37.0 Å². The number of benzene rings is 1. The second-order valence-corrected chi connectivity index (χ2v) is 5.55. The lowest BCUT2D eigenvalue weighted by molar-refractivity contribution is -0.120. The average molecular weight is 301 g/mol. The van der Waals surface area contributed by atoms with E-state index in [1.54, 1.807) is 12.1 Å². The Kier molecular flexibility index (Phi) is 4.02. The van der Waals surface area contributed by atoms with E-state index in [1.165, 1.54) is 4.90 Å². The van der Waals surface area contributed by atoms with Gasteiger partial charge in [-0.15, -0.1) is 0 Å². The van der Waals surface area contributed by atoms with Crippen LogP contribution in [0.5, 0.6) is 0 Å². The molecule has 0 bridgehead atoms. The zero-order valence-corrected chi connectivity index (χ0v) is 12.2. The van der Waals surface area contributed by atoms with Gasteiger partial charge in [0.15, 0.2) is 0 Å². The van der Waals surface area contributed by atoms with E-state index in [0.29, 0.717) is 22.3 Å². The average Bonchev–Trinajstić information content (AvgIpc) is 2.26. The van der Waals surface area contributed by atoms with Gasteiger partial charge in [-0.3, -0.25) is 15.0 Å². The largest absolute Gasteiger partial charge is 0.328 e. The number of urea groups is 1. The molecule has 0 unspecified atom stereocenters. The highest BCUT2D eigenvalue weighted by Crippen LogP contribution is 2.35. The second kappa shape index (κ2) is 5.39. The van der Waals surface area contributed by atoms with Crippen molar-refractivity contribution < 1.29 is 9.59 Å². The monoisotopic (exact) mass is 300 g/mol. The lowest BCUT2D eigenvalue weighted by atomic mass is 10.0. The van der Waals surface area contributed by atoms with Crippen molar-refractivity contribution in [3.05, 3.63) is 27.7 Å². The Labute approximate surface area is 121 Å². The van der Waals surface area contributed by atoms with Crippen molar-refractivity contribution in [2.75, 3.05) is 11.4 Å². The molecule has 6 heteroatoms. The smallest absolute Gasteiger partial charge is 0.294 e. The Morgan fingerprint density at radius 2 is 1.79 bits per heavy atom. The van der Waals surface area contributed by atoms with Gasteiger partial charge in [-0.05, 0) is 23.6 Å². The van der Waals surface area contributed by atoms with Crippen molar-refractivity contribution in [3.8, 4) is 0 Å². The van der Waals surface area contributed by atoms with E-state index >= 15 is 0 Å². The summed E-state index contributed by atoms with van der Waals surface area (Å²) >= 11 is 12.4. The minimum absolute atomic E-state index is 0.200. The first-order chi connectivity index (χ1) is 8.90. The van der Waals surface area contributed by atoms with Gasteiger partial charge in [0.1, 0.15) is 0 Å². The lowest BCUT2D eigenvalue weighted by Gasteiger charge is -2.27. The molecule has 1 aromatic rings. The number of amides is 3. The van der Waals surface area contributed by atoms with Crippen LogP contribution in [0.25, 0.3) is 0 Å². The van der Waals surface area contributed by atoms with Crippen molar-refractivity contribution in [3.63, 3.8) is 0 Å². The highest BCUT2D eigenvalue weighted by atomic mass is 35.5. The maximum atomic E-state index is 11.8. The molecule has 4 nitrogen and oxygen atoms in total. The molecule has 0 atom stereocenters. The summed E-state index contributed by atoms with van der Waals surface area (Å²) in [6.45, 7) is 4.33. The topological polar surface area (TPSA) is 49.4 Å². The van der Waals surface area contributed by atoms with Crippen LogP contribution in [0.15, 0.2) is 12.1 Å². The first kappa shape index (κ1) is 14.2. The number of rotatable bonds is 2. The van der Waals surface area contributed by atoms with Gasteiger partial charge >= 0.3 is 6.03 Å². The Balaban J connectivity index is 2.37. The molecule has 0 aliphatic carbocycles. The van der Waals surface area contributed by atoms with Gasteiger partial charge in [0.05, 0.1) is 0 Å². The summed E-state index contributed by atoms with van der Waals surface area (Å²) in [5, 5.41) is 3.33. The van der Waals surface area contributed by atoms with E-state index in [4.69, 9.17) is 23.2 Å². The normalized spacial score (nSPS) is 15.9. The van der Waals surface area contributed by atoms with E-state index in [2.05, 4.69) is 5.32 Å². The van der Waals surface area contributed by atoms with E-state index in [9.17, 15) is 9.59 Å². The Morgan fingerprint density at radius 3 is 2.26 bits per heavy atom. The van der Waals surface area contributed by atoms with Gasteiger partial charge in [-0.25, -0.2) is 4.79 Å². The van der Waals surface area contributed by atoms with Crippen LogP contribution in [0.1, 0.15) is 31.7 Å². The molecule has 3 amide bonds. The van der Waals surface area contributed by atoms with Gasteiger partial charge in [0, 0.05) is 28.7 Å². The second-order valence-electron chi connectivity index (χ2n) is 4.73. The fourth-order valence-electron chi connectivity index (χ4n) is 2.09. The van der Waals surface area contributed by atoms with Crippen LogP contribution in [0.3, 0.4) is 0 Å². The maximum Gasteiger partial charge on any atom is 0.328 e. The van der Waals surface area contributed by atoms with Gasteiger partial charge < -0.3 is 0 Å². The van der Waals surface area contributed by atoms with Crippen LogP contribution < -0.4 is 10.2 Å².